The zero-order valence-electron chi connectivity index (χ0n) is 28.5. The maximum atomic E-state index is 5.45. The number of benzene rings is 3. The zero-order valence-corrected chi connectivity index (χ0v) is 29.7. The number of likely N-dealkylation sites (tertiary alicyclic amines) is 1. The number of piperidine rings is 1. The van der Waals surface area contributed by atoms with Crippen LogP contribution in [0, 0.1) is 0 Å². The second-order valence-electron chi connectivity index (χ2n) is 13.1. The van der Waals surface area contributed by atoms with Gasteiger partial charge in [-0.25, -0.2) is 9.97 Å². The average Bonchev–Trinajstić information content (AvgIpc) is 4.01. The molecule has 1 saturated heterocycles. The third-order valence-corrected chi connectivity index (χ3v) is 10.2. The maximum absolute atomic E-state index is 5.45. The summed E-state index contributed by atoms with van der Waals surface area (Å²) in [5.74, 6) is 0. The van der Waals surface area contributed by atoms with Crippen molar-refractivity contribution in [3.8, 4) is 33.4 Å². The normalized spacial score (nSPS) is 15.5. The first-order valence-corrected chi connectivity index (χ1v) is 17.7. The Kier molecular flexibility index (Phi) is 9.14. The third-order valence-electron chi connectivity index (χ3n) is 10.2. The molecule has 8 bridgehead atoms. The van der Waals surface area contributed by atoms with E-state index in [0.717, 1.165) is 97.7 Å². The van der Waals surface area contributed by atoms with E-state index in [0.29, 0.717) is 0 Å². The molecule has 1 fully saturated rings. The van der Waals surface area contributed by atoms with Gasteiger partial charge in [0.15, 0.2) is 0 Å². The van der Waals surface area contributed by atoms with Gasteiger partial charge in [-0.15, -0.1) is 22.1 Å². The predicted octanol–water partition coefficient (Wildman–Crippen LogP) is 10.5. The molecule has 5 nitrogen and oxygen atoms in total. The van der Waals surface area contributed by atoms with Crippen LogP contribution in [0.4, 0.5) is 0 Å². The molecule has 3 aliphatic heterocycles. The Morgan fingerprint density at radius 3 is 1.41 bits per heavy atom. The van der Waals surface area contributed by atoms with E-state index < -0.39 is 0 Å². The van der Waals surface area contributed by atoms with E-state index in [-0.39, 0.29) is 23.1 Å². The van der Waals surface area contributed by atoms with E-state index in [1.807, 2.05) is 6.07 Å². The summed E-state index contributed by atoms with van der Waals surface area (Å²) >= 11 is 0. The van der Waals surface area contributed by atoms with Gasteiger partial charge in [-0.05, 0) is 89.2 Å². The van der Waals surface area contributed by atoms with Gasteiger partial charge in [0.2, 0.25) is 0 Å². The molecule has 3 aromatic carbocycles. The summed E-state index contributed by atoms with van der Waals surface area (Å²) in [5.41, 5.74) is 14.8. The first-order valence-electron chi connectivity index (χ1n) is 17.7. The van der Waals surface area contributed by atoms with E-state index in [1.54, 1.807) is 0 Å². The minimum absolute atomic E-state index is 0. The summed E-state index contributed by atoms with van der Waals surface area (Å²) < 4.78 is 0. The van der Waals surface area contributed by atoms with Crippen molar-refractivity contribution in [1.82, 2.24) is 24.8 Å². The van der Waals surface area contributed by atoms with E-state index >= 15 is 0 Å². The Bertz CT molecular complexity index is 2390. The van der Waals surface area contributed by atoms with Gasteiger partial charge in [-0.1, -0.05) is 129 Å². The van der Waals surface area contributed by atoms with Crippen LogP contribution >= 0.6 is 0 Å². The van der Waals surface area contributed by atoms with Crippen molar-refractivity contribution in [3.05, 3.63) is 144 Å². The summed E-state index contributed by atoms with van der Waals surface area (Å²) in [4.78, 5) is 24.2. The van der Waals surface area contributed by atoms with Crippen LogP contribution in [0.3, 0.4) is 0 Å². The quantitative estimate of drug-likeness (QED) is 0.167. The molecule has 1 unspecified atom stereocenters. The van der Waals surface area contributed by atoms with Gasteiger partial charge < -0.3 is 9.97 Å². The SMILES string of the molecule is CCN1CCCCC1c1c2nc(c(-c3ccccc3)c3ccc([n-]3)c(-c3ccccc3)c3nc(c(-c4ccccc4)c4ccc1[n-]4)C=C3)C=C2.[Mn+2]. The average molecular weight is 703 g/mol. The second kappa shape index (κ2) is 14.2. The Morgan fingerprint density at radius 2 is 0.941 bits per heavy atom. The fourth-order valence-corrected chi connectivity index (χ4v) is 7.85. The molecule has 0 aliphatic carbocycles. The number of fused-ring (bicyclic) bond motifs is 8. The van der Waals surface area contributed by atoms with E-state index in [2.05, 4.69) is 145 Å². The van der Waals surface area contributed by atoms with E-state index in [9.17, 15) is 0 Å². The Morgan fingerprint density at radius 1 is 0.529 bits per heavy atom. The molecule has 6 heteroatoms. The molecule has 0 spiro atoms. The Balaban J connectivity index is 0.00000374. The summed E-state index contributed by atoms with van der Waals surface area (Å²) in [7, 11) is 0. The number of hydrogen-bond acceptors (Lipinski definition) is 3. The van der Waals surface area contributed by atoms with Crippen molar-refractivity contribution in [1.29, 1.82) is 0 Å². The largest absolute Gasteiger partial charge is 2.00 e. The maximum Gasteiger partial charge on any atom is 2.00 e. The molecule has 3 aliphatic rings. The number of hydrogen-bond donors (Lipinski definition) is 0. The molecule has 0 saturated carbocycles. The van der Waals surface area contributed by atoms with Gasteiger partial charge in [0.25, 0.3) is 0 Å². The number of aromatic nitrogens is 4. The fraction of sp³-hybridized carbons (Fsp3) is 0.156. The molecule has 9 rings (SSSR count). The van der Waals surface area contributed by atoms with Gasteiger partial charge in [0.05, 0.1) is 22.8 Å². The first kappa shape index (κ1) is 32.9. The fourth-order valence-electron chi connectivity index (χ4n) is 7.85. The van der Waals surface area contributed by atoms with E-state index in [1.165, 1.54) is 18.4 Å². The molecular formula is C45H37MnN5. The summed E-state index contributed by atoms with van der Waals surface area (Å²) in [6.45, 7) is 4.33. The predicted molar refractivity (Wildman–Crippen MR) is 207 cm³/mol. The summed E-state index contributed by atoms with van der Waals surface area (Å²) in [6.07, 6.45) is 12.1. The Labute approximate surface area is 309 Å². The van der Waals surface area contributed by atoms with Crippen molar-refractivity contribution in [3.63, 3.8) is 0 Å². The van der Waals surface area contributed by atoms with Crippen LogP contribution in [0.25, 0.3) is 79.8 Å². The Hall–Kier alpha value is -5.26. The van der Waals surface area contributed by atoms with Gasteiger partial charge in [-0.3, -0.25) is 4.90 Å². The van der Waals surface area contributed by atoms with Crippen LogP contribution in [0.5, 0.6) is 0 Å². The zero-order chi connectivity index (χ0) is 33.4. The van der Waals surface area contributed by atoms with Gasteiger partial charge in [0.1, 0.15) is 0 Å². The van der Waals surface area contributed by atoms with Crippen LogP contribution in [0.15, 0.2) is 115 Å². The molecule has 6 aromatic rings. The number of nitrogens with zero attached hydrogens (tertiary/aromatic N) is 5. The van der Waals surface area contributed by atoms with Gasteiger partial charge in [-0.2, -0.15) is 0 Å². The van der Waals surface area contributed by atoms with E-state index in [4.69, 9.17) is 19.9 Å². The van der Waals surface area contributed by atoms with Crippen LogP contribution in [0.2, 0.25) is 0 Å². The molecule has 6 heterocycles. The number of rotatable bonds is 5. The van der Waals surface area contributed by atoms with Crippen LogP contribution in [0.1, 0.15) is 60.6 Å². The molecule has 0 amide bonds. The molecule has 1 radical (unpaired) electrons. The molecule has 1 atom stereocenters. The smallest absolute Gasteiger partial charge is 0.657 e. The molecule has 249 valence electrons. The van der Waals surface area contributed by atoms with Crippen LogP contribution < -0.4 is 9.97 Å². The van der Waals surface area contributed by atoms with Crippen molar-refractivity contribution >= 4 is 46.4 Å². The first-order chi connectivity index (χ1) is 24.7. The van der Waals surface area contributed by atoms with Crippen molar-refractivity contribution in [2.24, 2.45) is 0 Å². The van der Waals surface area contributed by atoms with Crippen molar-refractivity contribution in [2.75, 3.05) is 13.1 Å². The minimum Gasteiger partial charge on any atom is -0.657 e. The second-order valence-corrected chi connectivity index (χ2v) is 13.1. The summed E-state index contributed by atoms with van der Waals surface area (Å²) in [5, 5.41) is 0. The third kappa shape index (κ3) is 6.10. The van der Waals surface area contributed by atoms with Gasteiger partial charge >= 0.3 is 17.1 Å². The standard InChI is InChI=1S/C45H37N5.Mn/c1-2-50-29-13-12-20-41(50)45-39-27-25-37(48-39)43(31-16-8-4-9-17-31)35-23-21-33(46-35)42(30-14-6-3-7-15-30)34-22-24-36(47-34)44(32-18-10-5-11-19-32)38-26-28-40(45)49-38;/h3-11,14-19,21-28,41H,2,12-13,20,29H2,1H3;/q-2;+2. The van der Waals surface area contributed by atoms with Crippen LogP contribution in [-0.4, -0.2) is 28.0 Å². The van der Waals surface area contributed by atoms with Crippen molar-refractivity contribution in [2.45, 2.75) is 32.2 Å². The monoisotopic (exact) mass is 702 g/mol. The molecular weight excluding hydrogens is 665 g/mol. The van der Waals surface area contributed by atoms with Crippen molar-refractivity contribution < 1.29 is 17.1 Å². The van der Waals surface area contributed by atoms with Gasteiger partial charge in [0, 0.05) is 6.04 Å². The molecule has 3 aromatic heterocycles. The van der Waals surface area contributed by atoms with Crippen LogP contribution in [-0.2, 0) is 17.1 Å². The summed E-state index contributed by atoms with van der Waals surface area (Å²) in [6, 6.07) is 40.4. The molecule has 51 heavy (non-hydrogen) atoms. The minimum atomic E-state index is 0. The molecule has 0 N–H and O–H groups in total. The topological polar surface area (TPSA) is 57.2 Å².